The molecule has 0 spiro atoms. The Morgan fingerprint density at radius 1 is 1.11 bits per heavy atom. The maximum absolute atomic E-state index is 4.35. The Hall–Kier alpha value is -2.36. The fourth-order valence-electron chi connectivity index (χ4n) is 2.11. The second kappa shape index (κ2) is 4.72. The van der Waals surface area contributed by atoms with Gasteiger partial charge in [-0.1, -0.05) is 18.2 Å². The predicted octanol–water partition coefficient (Wildman–Crippen LogP) is 3.45. The molecule has 0 aliphatic rings. The van der Waals surface area contributed by atoms with Crippen molar-refractivity contribution >= 4 is 16.9 Å². The Morgan fingerprint density at radius 2 is 1.84 bits per heavy atom. The van der Waals surface area contributed by atoms with Gasteiger partial charge in [0.15, 0.2) is 0 Å². The van der Waals surface area contributed by atoms with Gasteiger partial charge in [0, 0.05) is 46.7 Å². The van der Waals surface area contributed by atoms with Crippen LogP contribution in [0.1, 0.15) is 13.8 Å². The number of hydrogen-bond donors (Lipinski definition) is 2. The fourth-order valence-corrected chi connectivity index (χ4v) is 2.11. The van der Waals surface area contributed by atoms with Crippen LogP contribution in [0, 0.1) is 0 Å². The summed E-state index contributed by atoms with van der Waals surface area (Å²) in [4.78, 5) is 12.0. The minimum absolute atomic E-state index is 0.332. The van der Waals surface area contributed by atoms with E-state index in [9.17, 15) is 0 Å². The second-order valence-corrected chi connectivity index (χ2v) is 4.84. The zero-order chi connectivity index (χ0) is 13.2. The number of para-hydroxylation sites is 1. The molecule has 3 aromatic rings. The van der Waals surface area contributed by atoms with Gasteiger partial charge in [-0.3, -0.25) is 0 Å². The van der Waals surface area contributed by atoms with Crippen LogP contribution in [0.15, 0.2) is 42.9 Å². The molecule has 0 aliphatic heterocycles. The van der Waals surface area contributed by atoms with E-state index in [1.807, 2.05) is 30.7 Å². The highest BCUT2D eigenvalue weighted by molar-refractivity contribution is 5.95. The number of benzene rings is 1. The first kappa shape index (κ1) is 11.7. The number of nitrogens with zero attached hydrogens (tertiary/aromatic N) is 2. The molecule has 0 atom stereocenters. The highest BCUT2D eigenvalue weighted by Crippen LogP contribution is 2.27. The Bertz CT molecular complexity index is 683. The molecule has 0 saturated heterocycles. The predicted molar refractivity (Wildman–Crippen MR) is 78.1 cm³/mol. The minimum atomic E-state index is 0.332. The summed E-state index contributed by atoms with van der Waals surface area (Å²) in [6.45, 7) is 4.13. The van der Waals surface area contributed by atoms with Crippen molar-refractivity contribution in [1.29, 1.82) is 0 Å². The van der Waals surface area contributed by atoms with Gasteiger partial charge in [0.1, 0.15) is 0 Å². The number of anilines is 1. The Labute approximate surface area is 111 Å². The SMILES string of the molecule is CC(C)Nc1ncc(-c2c[nH]c3ccccc23)cn1. The number of aromatic amines is 1. The first-order valence-electron chi connectivity index (χ1n) is 6.39. The van der Waals surface area contributed by atoms with Crippen molar-refractivity contribution in [2.45, 2.75) is 19.9 Å². The van der Waals surface area contributed by atoms with Crippen molar-refractivity contribution in [3.63, 3.8) is 0 Å². The van der Waals surface area contributed by atoms with Gasteiger partial charge < -0.3 is 10.3 Å². The lowest BCUT2D eigenvalue weighted by Crippen LogP contribution is -2.12. The molecule has 2 heterocycles. The highest BCUT2D eigenvalue weighted by Gasteiger charge is 2.06. The average Bonchev–Trinajstić information content (AvgIpc) is 2.83. The zero-order valence-corrected chi connectivity index (χ0v) is 11.0. The molecule has 0 unspecified atom stereocenters. The standard InChI is InChI=1S/C15H16N4/c1-10(2)19-15-17-7-11(8-18-15)13-9-16-14-6-4-3-5-12(13)14/h3-10,16H,1-2H3,(H,17,18,19). The van der Waals surface area contributed by atoms with Gasteiger partial charge in [-0.25, -0.2) is 9.97 Å². The smallest absolute Gasteiger partial charge is 0.222 e. The van der Waals surface area contributed by atoms with Crippen LogP contribution in [-0.2, 0) is 0 Å². The van der Waals surface area contributed by atoms with Crippen LogP contribution in [-0.4, -0.2) is 21.0 Å². The topological polar surface area (TPSA) is 53.6 Å². The number of nitrogens with one attached hydrogen (secondary N) is 2. The van der Waals surface area contributed by atoms with Crippen LogP contribution in [0.25, 0.3) is 22.0 Å². The highest BCUT2D eigenvalue weighted by atomic mass is 15.1. The van der Waals surface area contributed by atoms with Crippen molar-refractivity contribution in [3.8, 4) is 11.1 Å². The van der Waals surface area contributed by atoms with E-state index in [4.69, 9.17) is 0 Å². The van der Waals surface area contributed by atoms with Crippen LogP contribution in [0.2, 0.25) is 0 Å². The average molecular weight is 252 g/mol. The molecular weight excluding hydrogens is 236 g/mol. The minimum Gasteiger partial charge on any atom is -0.361 e. The molecule has 0 fully saturated rings. The maximum atomic E-state index is 4.35. The summed E-state index contributed by atoms with van der Waals surface area (Å²) in [5.41, 5.74) is 3.28. The van der Waals surface area contributed by atoms with Crippen LogP contribution in [0.5, 0.6) is 0 Å². The van der Waals surface area contributed by atoms with E-state index in [0.717, 1.165) is 16.6 Å². The van der Waals surface area contributed by atoms with E-state index in [1.165, 1.54) is 5.39 Å². The normalized spacial score (nSPS) is 11.1. The van der Waals surface area contributed by atoms with E-state index < -0.39 is 0 Å². The third kappa shape index (κ3) is 2.29. The van der Waals surface area contributed by atoms with Gasteiger partial charge in [0.25, 0.3) is 0 Å². The van der Waals surface area contributed by atoms with Gasteiger partial charge in [-0.05, 0) is 19.9 Å². The lowest BCUT2D eigenvalue weighted by molar-refractivity contribution is 0.874. The lowest BCUT2D eigenvalue weighted by atomic mass is 10.1. The molecule has 4 heteroatoms. The Kier molecular flexibility index (Phi) is 2.91. The molecule has 19 heavy (non-hydrogen) atoms. The van der Waals surface area contributed by atoms with Crippen LogP contribution in [0.3, 0.4) is 0 Å². The molecule has 3 rings (SSSR count). The summed E-state index contributed by atoms with van der Waals surface area (Å²) in [5.74, 6) is 0.665. The molecule has 0 aliphatic carbocycles. The summed E-state index contributed by atoms with van der Waals surface area (Å²) in [5, 5.41) is 4.37. The number of aromatic nitrogens is 3. The number of hydrogen-bond acceptors (Lipinski definition) is 3. The monoisotopic (exact) mass is 252 g/mol. The first-order valence-corrected chi connectivity index (χ1v) is 6.39. The van der Waals surface area contributed by atoms with Crippen molar-refractivity contribution in [3.05, 3.63) is 42.9 Å². The third-order valence-electron chi connectivity index (χ3n) is 2.97. The molecule has 96 valence electrons. The van der Waals surface area contributed by atoms with E-state index in [0.29, 0.717) is 12.0 Å². The Balaban J connectivity index is 1.98. The molecule has 2 N–H and O–H groups in total. The molecule has 0 radical (unpaired) electrons. The summed E-state index contributed by atoms with van der Waals surface area (Å²) >= 11 is 0. The summed E-state index contributed by atoms with van der Waals surface area (Å²) in [6.07, 6.45) is 5.71. The van der Waals surface area contributed by atoms with E-state index in [1.54, 1.807) is 0 Å². The van der Waals surface area contributed by atoms with Gasteiger partial charge in [0.05, 0.1) is 0 Å². The van der Waals surface area contributed by atoms with Crippen molar-refractivity contribution in [2.75, 3.05) is 5.32 Å². The number of H-pyrrole nitrogens is 1. The molecule has 0 amide bonds. The van der Waals surface area contributed by atoms with Crippen molar-refractivity contribution in [2.24, 2.45) is 0 Å². The van der Waals surface area contributed by atoms with Gasteiger partial charge >= 0.3 is 0 Å². The summed E-state index contributed by atoms with van der Waals surface area (Å²) in [6, 6.07) is 8.55. The molecule has 0 saturated carbocycles. The first-order chi connectivity index (χ1) is 9.24. The molecule has 4 nitrogen and oxygen atoms in total. The molecule has 2 aromatic heterocycles. The largest absolute Gasteiger partial charge is 0.361 e. The lowest BCUT2D eigenvalue weighted by Gasteiger charge is -2.07. The van der Waals surface area contributed by atoms with E-state index in [2.05, 4.69) is 46.2 Å². The maximum Gasteiger partial charge on any atom is 0.222 e. The van der Waals surface area contributed by atoms with E-state index >= 15 is 0 Å². The summed E-state index contributed by atoms with van der Waals surface area (Å²) < 4.78 is 0. The number of fused-ring (bicyclic) bond motifs is 1. The second-order valence-electron chi connectivity index (χ2n) is 4.84. The molecule has 0 bridgehead atoms. The van der Waals surface area contributed by atoms with Gasteiger partial charge in [0.2, 0.25) is 5.95 Å². The summed E-state index contributed by atoms with van der Waals surface area (Å²) in [7, 11) is 0. The van der Waals surface area contributed by atoms with Crippen molar-refractivity contribution in [1.82, 2.24) is 15.0 Å². The van der Waals surface area contributed by atoms with E-state index in [-0.39, 0.29) is 0 Å². The van der Waals surface area contributed by atoms with Gasteiger partial charge in [-0.2, -0.15) is 0 Å². The van der Waals surface area contributed by atoms with Crippen LogP contribution in [0.4, 0.5) is 5.95 Å². The van der Waals surface area contributed by atoms with Crippen LogP contribution < -0.4 is 5.32 Å². The van der Waals surface area contributed by atoms with Crippen LogP contribution >= 0.6 is 0 Å². The third-order valence-corrected chi connectivity index (χ3v) is 2.97. The van der Waals surface area contributed by atoms with Gasteiger partial charge in [-0.15, -0.1) is 0 Å². The number of rotatable bonds is 3. The fraction of sp³-hybridized carbons (Fsp3) is 0.200. The van der Waals surface area contributed by atoms with Crippen molar-refractivity contribution < 1.29 is 0 Å². The molecular formula is C15H16N4. The molecule has 1 aromatic carbocycles. The zero-order valence-electron chi connectivity index (χ0n) is 11.0. The Morgan fingerprint density at radius 3 is 2.58 bits per heavy atom. The quantitative estimate of drug-likeness (QED) is 0.750.